The highest BCUT2D eigenvalue weighted by molar-refractivity contribution is 5.48. The molecule has 2 aliphatic rings. The van der Waals surface area contributed by atoms with E-state index in [1.165, 1.54) is 11.3 Å². The van der Waals surface area contributed by atoms with E-state index in [0.29, 0.717) is 6.04 Å². The Morgan fingerprint density at radius 2 is 2.00 bits per heavy atom. The minimum atomic E-state index is -0.103. The summed E-state index contributed by atoms with van der Waals surface area (Å²) in [7, 11) is 4.20. The molecule has 3 aromatic rings. The van der Waals surface area contributed by atoms with Gasteiger partial charge in [-0.15, -0.1) is 15.3 Å². The Hall–Kier alpha value is -2.52. The van der Waals surface area contributed by atoms with Gasteiger partial charge in [0.25, 0.3) is 0 Å². The highest BCUT2D eigenvalue weighted by Crippen LogP contribution is 2.29. The van der Waals surface area contributed by atoms with Gasteiger partial charge in [0.15, 0.2) is 11.5 Å². The van der Waals surface area contributed by atoms with Gasteiger partial charge < -0.3 is 9.64 Å². The molecule has 0 saturated carbocycles. The van der Waals surface area contributed by atoms with Crippen LogP contribution in [0.2, 0.25) is 0 Å². The van der Waals surface area contributed by atoms with Gasteiger partial charge >= 0.3 is 0 Å². The Morgan fingerprint density at radius 1 is 1.20 bits per heavy atom. The van der Waals surface area contributed by atoms with Gasteiger partial charge in [0, 0.05) is 55.8 Å². The second-order valence-electron chi connectivity index (χ2n) is 9.51. The molecule has 3 aromatic heterocycles. The topological polar surface area (TPSA) is 76.6 Å². The maximum Gasteiger partial charge on any atom is 0.178 e. The number of aromatic nitrogens is 6. The van der Waals surface area contributed by atoms with E-state index in [2.05, 4.69) is 52.9 Å². The van der Waals surface area contributed by atoms with Crippen LogP contribution in [0, 0.1) is 0 Å². The van der Waals surface area contributed by atoms with Gasteiger partial charge in [-0.1, -0.05) is 20.8 Å². The fraction of sp³-hybridized carbons (Fsp3) is 0.619. The van der Waals surface area contributed by atoms with E-state index in [9.17, 15) is 0 Å². The van der Waals surface area contributed by atoms with Crippen LogP contribution in [-0.2, 0) is 23.6 Å². The van der Waals surface area contributed by atoms with Gasteiger partial charge in [0.2, 0.25) is 0 Å². The molecular formula is C21H30N8O. The number of nitrogens with zero attached hydrogens (tertiary/aromatic N) is 8. The molecule has 0 bridgehead atoms. The third kappa shape index (κ3) is 3.26. The number of hydrogen-bond donors (Lipinski definition) is 0. The Labute approximate surface area is 176 Å². The molecule has 0 radical (unpaired) electrons. The van der Waals surface area contributed by atoms with E-state index in [4.69, 9.17) is 9.84 Å². The van der Waals surface area contributed by atoms with E-state index in [-0.39, 0.29) is 11.5 Å². The van der Waals surface area contributed by atoms with Crippen molar-refractivity contribution in [3.05, 3.63) is 35.4 Å². The van der Waals surface area contributed by atoms with Gasteiger partial charge in [0.05, 0.1) is 18.9 Å². The normalized spacial score (nSPS) is 20.1. The molecule has 1 fully saturated rings. The minimum Gasteiger partial charge on any atom is -0.372 e. The molecule has 0 spiro atoms. The summed E-state index contributed by atoms with van der Waals surface area (Å²) in [5, 5.41) is 17.9. The standard InChI is InChI=1S/C21H30N8O/c1-21(2,3)20-24-23-18-6-7-19(25-29(18)20)28-11-14(12-28)26(4)13-17-15-10-22-27(5)16(15)8-9-30-17/h6-7,10,14,17H,8-9,11-13H2,1-5H3. The van der Waals surface area contributed by atoms with Crippen LogP contribution < -0.4 is 4.90 Å². The second kappa shape index (κ2) is 7.02. The fourth-order valence-electron chi connectivity index (χ4n) is 4.34. The number of hydrogen-bond acceptors (Lipinski definition) is 7. The quantitative estimate of drug-likeness (QED) is 0.646. The fourth-order valence-corrected chi connectivity index (χ4v) is 4.34. The third-order valence-electron chi connectivity index (χ3n) is 6.28. The van der Waals surface area contributed by atoms with E-state index >= 15 is 0 Å². The van der Waals surface area contributed by atoms with Gasteiger partial charge in [-0.05, 0) is 19.2 Å². The first-order valence-corrected chi connectivity index (χ1v) is 10.6. The first-order chi connectivity index (χ1) is 14.3. The van der Waals surface area contributed by atoms with E-state index < -0.39 is 0 Å². The van der Waals surface area contributed by atoms with Crippen molar-refractivity contribution in [2.24, 2.45) is 7.05 Å². The van der Waals surface area contributed by atoms with Crippen molar-refractivity contribution >= 4 is 11.5 Å². The zero-order valence-corrected chi connectivity index (χ0v) is 18.4. The SMILES string of the molecule is CN(CC1OCCc2c1cnn2C)C1CN(c2ccc3nnc(C(C)(C)C)n3n2)C1. The summed E-state index contributed by atoms with van der Waals surface area (Å²) in [5.41, 5.74) is 3.23. The predicted octanol–water partition coefficient (Wildman–Crippen LogP) is 1.59. The third-order valence-corrected chi connectivity index (χ3v) is 6.28. The number of ether oxygens (including phenoxy) is 1. The van der Waals surface area contributed by atoms with Crippen molar-refractivity contribution in [3.63, 3.8) is 0 Å². The van der Waals surface area contributed by atoms with Crippen LogP contribution >= 0.6 is 0 Å². The average molecular weight is 411 g/mol. The molecule has 160 valence electrons. The Kier molecular flexibility index (Phi) is 4.55. The van der Waals surface area contributed by atoms with Crippen LogP contribution in [0.5, 0.6) is 0 Å². The lowest BCUT2D eigenvalue weighted by atomic mass is 9.96. The van der Waals surface area contributed by atoms with Crippen molar-refractivity contribution in [2.75, 3.05) is 38.2 Å². The van der Waals surface area contributed by atoms with Crippen molar-refractivity contribution < 1.29 is 4.74 Å². The smallest absolute Gasteiger partial charge is 0.178 e. The largest absolute Gasteiger partial charge is 0.372 e. The number of likely N-dealkylation sites (N-methyl/N-ethyl adjacent to an activating group) is 1. The average Bonchev–Trinajstić information content (AvgIpc) is 3.25. The van der Waals surface area contributed by atoms with Gasteiger partial charge in [-0.2, -0.15) is 9.61 Å². The molecule has 0 aliphatic carbocycles. The van der Waals surface area contributed by atoms with Crippen LogP contribution in [0.25, 0.3) is 5.65 Å². The van der Waals surface area contributed by atoms with Gasteiger partial charge in [-0.25, -0.2) is 0 Å². The van der Waals surface area contributed by atoms with Crippen LogP contribution in [0.15, 0.2) is 18.3 Å². The molecular weight excluding hydrogens is 380 g/mol. The molecule has 5 heterocycles. The Bertz CT molecular complexity index is 1060. The van der Waals surface area contributed by atoms with Crippen LogP contribution in [-0.4, -0.2) is 73.8 Å². The molecule has 0 N–H and O–H groups in total. The van der Waals surface area contributed by atoms with Crippen LogP contribution in [0.4, 0.5) is 5.82 Å². The maximum absolute atomic E-state index is 6.06. The molecule has 5 rings (SSSR count). The Morgan fingerprint density at radius 3 is 2.77 bits per heavy atom. The van der Waals surface area contributed by atoms with Crippen molar-refractivity contribution in [2.45, 2.75) is 44.8 Å². The summed E-state index contributed by atoms with van der Waals surface area (Å²) in [5.74, 6) is 1.86. The monoisotopic (exact) mass is 410 g/mol. The lowest BCUT2D eigenvalue weighted by Gasteiger charge is -2.45. The first kappa shape index (κ1) is 19.4. The molecule has 2 aliphatic heterocycles. The summed E-state index contributed by atoms with van der Waals surface area (Å²) >= 11 is 0. The molecule has 1 saturated heterocycles. The molecule has 30 heavy (non-hydrogen) atoms. The van der Waals surface area contributed by atoms with Crippen LogP contribution in [0.1, 0.15) is 44.0 Å². The molecule has 0 amide bonds. The van der Waals surface area contributed by atoms with Crippen molar-refractivity contribution in [1.82, 2.24) is 34.5 Å². The Balaban J connectivity index is 1.25. The maximum atomic E-state index is 6.06. The minimum absolute atomic E-state index is 0.0994. The van der Waals surface area contributed by atoms with Crippen LogP contribution in [0.3, 0.4) is 0 Å². The number of aryl methyl sites for hydroxylation is 1. The lowest BCUT2D eigenvalue weighted by Crippen LogP contribution is -2.59. The highest BCUT2D eigenvalue weighted by Gasteiger charge is 2.34. The van der Waals surface area contributed by atoms with E-state index in [1.54, 1.807) is 0 Å². The van der Waals surface area contributed by atoms with E-state index in [0.717, 1.165) is 50.0 Å². The predicted molar refractivity (Wildman–Crippen MR) is 114 cm³/mol. The zero-order valence-electron chi connectivity index (χ0n) is 18.4. The summed E-state index contributed by atoms with van der Waals surface area (Å²) in [6.07, 6.45) is 3.00. The summed E-state index contributed by atoms with van der Waals surface area (Å²) in [4.78, 5) is 4.71. The summed E-state index contributed by atoms with van der Waals surface area (Å²) in [6.45, 7) is 9.95. The van der Waals surface area contributed by atoms with Crippen molar-refractivity contribution in [1.29, 1.82) is 0 Å². The second-order valence-corrected chi connectivity index (χ2v) is 9.51. The first-order valence-electron chi connectivity index (χ1n) is 10.6. The number of fused-ring (bicyclic) bond motifs is 2. The van der Waals surface area contributed by atoms with E-state index in [1.807, 2.05) is 34.6 Å². The summed E-state index contributed by atoms with van der Waals surface area (Å²) < 4.78 is 9.93. The van der Waals surface area contributed by atoms with Gasteiger partial charge in [-0.3, -0.25) is 9.58 Å². The molecule has 1 unspecified atom stereocenters. The number of anilines is 1. The zero-order chi connectivity index (χ0) is 21.0. The lowest BCUT2D eigenvalue weighted by molar-refractivity contribution is 0.00913. The van der Waals surface area contributed by atoms with Gasteiger partial charge in [0.1, 0.15) is 5.82 Å². The highest BCUT2D eigenvalue weighted by atomic mass is 16.5. The number of rotatable bonds is 4. The molecule has 9 nitrogen and oxygen atoms in total. The molecule has 0 aromatic carbocycles. The summed E-state index contributed by atoms with van der Waals surface area (Å²) in [6, 6.07) is 4.52. The molecule has 9 heteroatoms. The van der Waals surface area contributed by atoms with Crippen molar-refractivity contribution in [3.8, 4) is 0 Å². The molecule has 1 atom stereocenters.